The van der Waals surface area contributed by atoms with Crippen LogP contribution < -0.4 is 0 Å². The van der Waals surface area contributed by atoms with Gasteiger partial charge in [-0.05, 0) is 11.1 Å². The lowest BCUT2D eigenvalue weighted by molar-refractivity contribution is 0.784. The monoisotopic (exact) mass is 434 g/mol. The Morgan fingerprint density at radius 1 is 0.667 bits per heavy atom. The van der Waals surface area contributed by atoms with Gasteiger partial charge in [-0.1, -0.05) is 24.3 Å². The molecule has 5 aromatic rings. The highest BCUT2D eigenvalue weighted by Crippen LogP contribution is 2.29. The number of thioether (sulfide) groups is 2. The number of hydrogen-bond donors (Lipinski definition) is 0. The second kappa shape index (κ2) is 8.04. The van der Waals surface area contributed by atoms with Crippen LogP contribution in [0.3, 0.4) is 0 Å². The van der Waals surface area contributed by atoms with Gasteiger partial charge >= 0.3 is 0 Å². The summed E-state index contributed by atoms with van der Waals surface area (Å²) in [5.41, 5.74) is 4.21. The van der Waals surface area contributed by atoms with Gasteiger partial charge in [-0.2, -0.15) is 10.2 Å². The molecule has 0 unspecified atom stereocenters. The van der Waals surface area contributed by atoms with Crippen molar-refractivity contribution in [1.82, 2.24) is 39.5 Å². The van der Waals surface area contributed by atoms with Gasteiger partial charge in [0.25, 0.3) is 0 Å². The Hall–Kier alpha value is -2.98. The summed E-state index contributed by atoms with van der Waals surface area (Å²) in [6, 6.07) is 8.68. The maximum Gasteiger partial charge on any atom is 0.162 e. The Kier molecular flexibility index (Phi) is 5.09. The van der Waals surface area contributed by atoms with Crippen LogP contribution >= 0.6 is 23.5 Å². The van der Waals surface area contributed by atoms with Crippen LogP contribution in [-0.2, 0) is 25.6 Å². The minimum Gasteiger partial charge on any atom is -0.250 e. The Balaban J connectivity index is 1.24. The predicted molar refractivity (Wildman–Crippen MR) is 118 cm³/mol. The van der Waals surface area contributed by atoms with E-state index in [2.05, 4.69) is 54.4 Å². The van der Waals surface area contributed by atoms with Crippen LogP contribution in [-0.4, -0.2) is 39.5 Å². The summed E-state index contributed by atoms with van der Waals surface area (Å²) in [6.45, 7) is 0. The van der Waals surface area contributed by atoms with E-state index in [4.69, 9.17) is 0 Å². The van der Waals surface area contributed by atoms with E-state index in [1.807, 2.05) is 26.5 Å². The van der Waals surface area contributed by atoms with Crippen LogP contribution in [0.2, 0.25) is 0 Å². The van der Waals surface area contributed by atoms with E-state index in [-0.39, 0.29) is 0 Å². The lowest BCUT2D eigenvalue weighted by atomic mass is 10.2. The molecule has 0 radical (unpaired) electrons. The average molecular weight is 435 g/mol. The van der Waals surface area contributed by atoms with Crippen LogP contribution in [0, 0.1) is 0 Å². The minimum atomic E-state index is 0.844. The molecule has 4 aromatic heterocycles. The van der Waals surface area contributed by atoms with Crippen molar-refractivity contribution in [2.75, 3.05) is 0 Å². The molecule has 0 spiro atoms. The van der Waals surface area contributed by atoms with Gasteiger partial charge in [0.1, 0.15) is 22.7 Å². The van der Waals surface area contributed by atoms with Crippen LogP contribution in [0.25, 0.3) is 22.1 Å². The highest BCUT2D eigenvalue weighted by atomic mass is 32.2. The smallest absolute Gasteiger partial charge is 0.162 e. The second-order valence-electron chi connectivity index (χ2n) is 6.76. The zero-order valence-electron chi connectivity index (χ0n) is 16.4. The van der Waals surface area contributed by atoms with Gasteiger partial charge in [0.2, 0.25) is 0 Å². The topological polar surface area (TPSA) is 87.2 Å². The molecule has 30 heavy (non-hydrogen) atoms. The highest BCUT2D eigenvalue weighted by Gasteiger charge is 2.10. The fourth-order valence-electron chi connectivity index (χ4n) is 3.15. The standard InChI is InChI=1S/C20H18N8S2/c1-27-17-15(7-25-27)19(23-11-21-17)29-9-13-3-5-14(6-4-13)10-30-20-16-8-26-28(2)18(16)22-12-24-20/h3-8,11-12H,9-10H2,1-2H3. The van der Waals surface area contributed by atoms with Gasteiger partial charge < -0.3 is 0 Å². The fourth-order valence-corrected chi connectivity index (χ4v) is 4.98. The number of benzene rings is 1. The molecule has 0 bridgehead atoms. The number of aromatic nitrogens is 8. The van der Waals surface area contributed by atoms with Crippen LogP contribution in [0.5, 0.6) is 0 Å². The van der Waals surface area contributed by atoms with Crippen molar-refractivity contribution >= 4 is 45.6 Å². The molecule has 0 aliphatic carbocycles. The van der Waals surface area contributed by atoms with Crippen LogP contribution in [0.1, 0.15) is 11.1 Å². The van der Waals surface area contributed by atoms with E-state index in [0.29, 0.717) is 0 Å². The Bertz CT molecular complexity index is 1220. The van der Waals surface area contributed by atoms with Crippen molar-refractivity contribution in [1.29, 1.82) is 0 Å². The molecular formula is C20H18N8S2. The molecule has 0 amide bonds. The molecule has 0 saturated heterocycles. The summed E-state index contributed by atoms with van der Waals surface area (Å²) in [7, 11) is 3.78. The number of fused-ring (bicyclic) bond motifs is 2. The maximum atomic E-state index is 4.42. The van der Waals surface area contributed by atoms with Crippen molar-refractivity contribution in [3.05, 3.63) is 60.4 Å². The first kappa shape index (κ1) is 19.0. The molecule has 150 valence electrons. The first-order valence-corrected chi connectivity index (χ1v) is 11.2. The second-order valence-corrected chi connectivity index (χ2v) is 8.69. The lowest BCUT2D eigenvalue weighted by Gasteiger charge is -2.05. The molecule has 0 fully saturated rings. The predicted octanol–water partition coefficient (Wildman–Crippen LogP) is 3.62. The van der Waals surface area contributed by atoms with E-state index >= 15 is 0 Å². The van der Waals surface area contributed by atoms with E-state index < -0.39 is 0 Å². The molecule has 0 aliphatic heterocycles. The molecular weight excluding hydrogens is 416 g/mol. The van der Waals surface area contributed by atoms with Crippen molar-refractivity contribution in [3.63, 3.8) is 0 Å². The number of hydrogen-bond acceptors (Lipinski definition) is 8. The summed E-state index contributed by atoms with van der Waals surface area (Å²) >= 11 is 3.40. The Morgan fingerprint density at radius 2 is 1.10 bits per heavy atom. The lowest BCUT2D eigenvalue weighted by Crippen LogP contribution is -1.93. The summed E-state index contributed by atoms with van der Waals surface area (Å²) in [5.74, 6) is 1.69. The van der Waals surface area contributed by atoms with Crippen molar-refractivity contribution in [3.8, 4) is 0 Å². The van der Waals surface area contributed by atoms with Gasteiger partial charge in [-0.25, -0.2) is 19.9 Å². The summed E-state index contributed by atoms with van der Waals surface area (Å²) in [5, 5.41) is 12.4. The van der Waals surface area contributed by atoms with Crippen LogP contribution in [0.4, 0.5) is 0 Å². The first-order valence-electron chi connectivity index (χ1n) is 9.28. The maximum absolute atomic E-state index is 4.42. The number of aryl methyl sites for hydroxylation is 2. The highest BCUT2D eigenvalue weighted by molar-refractivity contribution is 7.98. The van der Waals surface area contributed by atoms with Gasteiger partial charge in [-0.3, -0.25) is 9.36 Å². The molecule has 0 N–H and O–H groups in total. The van der Waals surface area contributed by atoms with Gasteiger partial charge in [0.05, 0.1) is 23.2 Å². The summed E-state index contributed by atoms with van der Waals surface area (Å²) in [4.78, 5) is 17.4. The third kappa shape index (κ3) is 3.63. The zero-order chi connectivity index (χ0) is 20.5. The Morgan fingerprint density at radius 3 is 1.53 bits per heavy atom. The Labute approximate surface area is 181 Å². The molecule has 10 heteroatoms. The van der Waals surface area contributed by atoms with E-state index in [1.54, 1.807) is 45.5 Å². The van der Waals surface area contributed by atoms with Gasteiger partial charge in [-0.15, -0.1) is 23.5 Å². The minimum absolute atomic E-state index is 0.844. The average Bonchev–Trinajstić information content (AvgIpc) is 3.35. The van der Waals surface area contributed by atoms with Gasteiger partial charge in [0.15, 0.2) is 11.3 Å². The summed E-state index contributed by atoms with van der Waals surface area (Å²) in [6.07, 6.45) is 6.84. The van der Waals surface area contributed by atoms with Crippen LogP contribution in [0.15, 0.2) is 59.4 Å². The third-order valence-electron chi connectivity index (χ3n) is 4.76. The normalized spacial score (nSPS) is 11.5. The number of rotatable bonds is 6. The molecule has 5 rings (SSSR count). The molecule has 0 saturated carbocycles. The largest absolute Gasteiger partial charge is 0.250 e. The zero-order valence-corrected chi connectivity index (χ0v) is 18.1. The third-order valence-corrected chi connectivity index (χ3v) is 6.91. The fraction of sp³-hybridized carbons (Fsp3) is 0.200. The van der Waals surface area contributed by atoms with Gasteiger partial charge in [0, 0.05) is 25.6 Å². The molecule has 8 nitrogen and oxygen atoms in total. The molecule has 4 heterocycles. The van der Waals surface area contributed by atoms with Crippen molar-refractivity contribution in [2.45, 2.75) is 21.6 Å². The first-order chi connectivity index (χ1) is 14.7. The SMILES string of the molecule is Cn1ncc2c(SCc3ccc(CSc4ncnc5c4cnn5C)cc3)ncnc21. The molecule has 0 atom stereocenters. The van der Waals surface area contributed by atoms with E-state index in [0.717, 1.165) is 43.6 Å². The van der Waals surface area contributed by atoms with Crippen molar-refractivity contribution in [2.24, 2.45) is 14.1 Å². The molecule has 1 aromatic carbocycles. The van der Waals surface area contributed by atoms with Crippen molar-refractivity contribution < 1.29 is 0 Å². The number of nitrogens with zero attached hydrogens (tertiary/aromatic N) is 8. The molecule has 0 aliphatic rings. The summed E-state index contributed by atoms with van der Waals surface area (Å²) < 4.78 is 3.54. The van der Waals surface area contributed by atoms with E-state index in [9.17, 15) is 0 Å². The quantitative estimate of drug-likeness (QED) is 0.296. The van der Waals surface area contributed by atoms with E-state index in [1.165, 1.54) is 11.1 Å².